The van der Waals surface area contributed by atoms with E-state index in [1.54, 1.807) is 31.4 Å². The first-order chi connectivity index (χ1) is 13.5. The van der Waals surface area contributed by atoms with Crippen molar-refractivity contribution in [3.8, 4) is 17.0 Å². The van der Waals surface area contributed by atoms with E-state index in [-0.39, 0.29) is 5.91 Å². The van der Waals surface area contributed by atoms with Crippen molar-refractivity contribution in [3.05, 3.63) is 83.0 Å². The van der Waals surface area contributed by atoms with Gasteiger partial charge in [-0.25, -0.2) is 4.98 Å². The highest BCUT2D eigenvalue weighted by Gasteiger charge is 2.17. The van der Waals surface area contributed by atoms with Crippen LogP contribution < -0.4 is 10.1 Å². The molecule has 0 aliphatic carbocycles. The van der Waals surface area contributed by atoms with Crippen LogP contribution in [-0.4, -0.2) is 22.4 Å². The lowest BCUT2D eigenvalue weighted by molar-refractivity contribution is 0.102. The van der Waals surface area contributed by atoms with Crippen molar-refractivity contribution in [3.63, 3.8) is 0 Å². The van der Waals surface area contributed by atoms with Crippen LogP contribution in [0.4, 0.5) is 5.82 Å². The van der Waals surface area contributed by atoms with Gasteiger partial charge in [0.1, 0.15) is 22.9 Å². The third kappa shape index (κ3) is 3.44. The number of aryl methyl sites for hydroxylation is 1. The molecule has 0 bridgehead atoms. The lowest BCUT2D eigenvalue weighted by Crippen LogP contribution is -2.14. The molecule has 0 radical (unpaired) electrons. The summed E-state index contributed by atoms with van der Waals surface area (Å²) >= 11 is 5.93. The fourth-order valence-corrected chi connectivity index (χ4v) is 3.13. The van der Waals surface area contributed by atoms with Crippen molar-refractivity contribution in [2.45, 2.75) is 6.92 Å². The van der Waals surface area contributed by atoms with Gasteiger partial charge in [0.15, 0.2) is 0 Å². The first kappa shape index (κ1) is 18.1. The Bertz CT molecular complexity index is 1150. The minimum atomic E-state index is -0.227. The quantitative estimate of drug-likeness (QED) is 0.518. The summed E-state index contributed by atoms with van der Waals surface area (Å²) in [6, 6.07) is 18.3. The number of pyridine rings is 1. The minimum absolute atomic E-state index is 0.227. The van der Waals surface area contributed by atoms with Crippen LogP contribution in [0.5, 0.6) is 5.75 Å². The lowest BCUT2D eigenvalue weighted by Gasteiger charge is -2.09. The molecule has 0 saturated heterocycles. The van der Waals surface area contributed by atoms with Crippen LogP contribution in [0.3, 0.4) is 0 Å². The highest BCUT2D eigenvalue weighted by molar-refractivity contribution is 6.30. The Hall–Kier alpha value is -3.31. The number of aromatic nitrogens is 2. The van der Waals surface area contributed by atoms with E-state index in [1.807, 2.05) is 53.9 Å². The van der Waals surface area contributed by atoms with Gasteiger partial charge in [-0.2, -0.15) is 0 Å². The third-order valence-electron chi connectivity index (χ3n) is 4.47. The van der Waals surface area contributed by atoms with E-state index in [4.69, 9.17) is 21.3 Å². The molecule has 1 amide bonds. The van der Waals surface area contributed by atoms with Crippen molar-refractivity contribution in [1.29, 1.82) is 0 Å². The molecule has 5 nitrogen and oxygen atoms in total. The van der Waals surface area contributed by atoms with Crippen LogP contribution in [0.25, 0.3) is 16.9 Å². The summed E-state index contributed by atoms with van der Waals surface area (Å²) < 4.78 is 7.13. The summed E-state index contributed by atoms with van der Waals surface area (Å²) in [5.74, 6) is 1.15. The number of rotatable bonds is 4. The second kappa shape index (κ2) is 7.37. The van der Waals surface area contributed by atoms with E-state index in [2.05, 4.69) is 5.32 Å². The summed E-state index contributed by atoms with van der Waals surface area (Å²) in [6.45, 7) is 2.00. The van der Waals surface area contributed by atoms with Crippen LogP contribution in [0.15, 0.2) is 66.9 Å². The zero-order chi connectivity index (χ0) is 19.7. The standard InChI is InChI=1S/C22H18ClN3O2/c1-14-3-12-19-24-20(15-6-10-18(28-2)11-7-15)21(26(19)13-14)25-22(27)16-4-8-17(23)9-5-16/h3-13H,1-2H3,(H,25,27). The summed E-state index contributed by atoms with van der Waals surface area (Å²) in [5.41, 5.74) is 3.91. The number of fused-ring (bicyclic) bond motifs is 1. The normalized spacial score (nSPS) is 10.8. The molecule has 28 heavy (non-hydrogen) atoms. The predicted octanol–water partition coefficient (Wildman–Crippen LogP) is 5.22. The van der Waals surface area contributed by atoms with Crippen LogP contribution in [0.2, 0.25) is 5.02 Å². The first-order valence-electron chi connectivity index (χ1n) is 8.75. The molecule has 2 heterocycles. The molecule has 2 aromatic heterocycles. The van der Waals surface area contributed by atoms with Crippen molar-refractivity contribution in [1.82, 2.24) is 9.38 Å². The van der Waals surface area contributed by atoms with Gasteiger partial charge >= 0.3 is 0 Å². The van der Waals surface area contributed by atoms with Crippen molar-refractivity contribution in [2.24, 2.45) is 0 Å². The Balaban J connectivity index is 1.81. The number of hydrogen-bond acceptors (Lipinski definition) is 3. The summed E-state index contributed by atoms with van der Waals surface area (Å²) in [4.78, 5) is 17.5. The number of amides is 1. The smallest absolute Gasteiger partial charge is 0.256 e. The molecule has 4 rings (SSSR count). The largest absolute Gasteiger partial charge is 0.497 e. The van der Waals surface area contributed by atoms with Gasteiger partial charge in [-0.3, -0.25) is 9.20 Å². The van der Waals surface area contributed by atoms with Crippen molar-refractivity contribution < 1.29 is 9.53 Å². The Kier molecular flexibility index (Phi) is 4.75. The Morgan fingerprint density at radius 3 is 2.43 bits per heavy atom. The molecule has 2 aromatic carbocycles. The fraction of sp³-hybridized carbons (Fsp3) is 0.0909. The first-order valence-corrected chi connectivity index (χ1v) is 9.13. The predicted molar refractivity (Wildman–Crippen MR) is 111 cm³/mol. The van der Waals surface area contributed by atoms with Gasteiger partial charge in [0.2, 0.25) is 0 Å². The molecular weight excluding hydrogens is 374 g/mol. The number of benzene rings is 2. The second-order valence-electron chi connectivity index (χ2n) is 6.43. The zero-order valence-electron chi connectivity index (χ0n) is 15.4. The number of ether oxygens (including phenoxy) is 1. The Morgan fingerprint density at radius 1 is 1.04 bits per heavy atom. The maximum atomic E-state index is 12.8. The van der Waals surface area contributed by atoms with E-state index in [1.165, 1.54) is 0 Å². The molecule has 1 N–H and O–H groups in total. The van der Waals surface area contributed by atoms with Gasteiger partial charge in [-0.15, -0.1) is 0 Å². The number of methoxy groups -OCH3 is 1. The molecule has 4 aromatic rings. The molecule has 0 aliphatic rings. The third-order valence-corrected chi connectivity index (χ3v) is 4.72. The second-order valence-corrected chi connectivity index (χ2v) is 6.87. The summed E-state index contributed by atoms with van der Waals surface area (Å²) in [6.07, 6.45) is 1.95. The van der Waals surface area contributed by atoms with E-state index in [0.29, 0.717) is 22.1 Å². The number of halogens is 1. The number of nitrogens with one attached hydrogen (secondary N) is 1. The SMILES string of the molecule is COc1ccc(-c2nc3ccc(C)cn3c2NC(=O)c2ccc(Cl)cc2)cc1. The van der Waals surface area contributed by atoms with Gasteiger partial charge in [0.05, 0.1) is 7.11 Å². The van der Waals surface area contributed by atoms with Crippen molar-refractivity contribution >= 4 is 29.0 Å². The van der Waals surface area contributed by atoms with Gasteiger partial charge in [0.25, 0.3) is 5.91 Å². The highest BCUT2D eigenvalue weighted by atomic mass is 35.5. The van der Waals surface area contributed by atoms with Gasteiger partial charge < -0.3 is 10.1 Å². The molecule has 0 aliphatic heterocycles. The van der Waals surface area contributed by atoms with E-state index >= 15 is 0 Å². The monoisotopic (exact) mass is 391 g/mol. The number of carbonyl (C=O) groups is 1. The van der Waals surface area contributed by atoms with Crippen LogP contribution in [-0.2, 0) is 0 Å². The van der Waals surface area contributed by atoms with Crippen molar-refractivity contribution in [2.75, 3.05) is 12.4 Å². The lowest BCUT2D eigenvalue weighted by atomic mass is 10.1. The number of hydrogen-bond donors (Lipinski definition) is 1. The molecule has 0 fully saturated rings. The summed E-state index contributed by atoms with van der Waals surface area (Å²) in [5, 5.41) is 3.59. The topological polar surface area (TPSA) is 55.6 Å². The number of anilines is 1. The molecule has 0 atom stereocenters. The minimum Gasteiger partial charge on any atom is -0.497 e. The van der Waals surface area contributed by atoms with Gasteiger partial charge in [0, 0.05) is 22.3 Å². The molecular formula is C22H18ClN3O2. The Labute approximate surface area is 167 Å². The molecule has 0 spiro atoms. The maximum absolute atomic E-state index is 12.8. The van der Waals surface area contributed by atoms with E-state index < -0.39 is 0 Å². The van der Waals surface area contributed by atoms with E-state index in [0.717, 1.165) is 22.5 Å². The average molecular weight is 392 g/mol. The van der Waals surface area contributed by atoms with E-state index in [9.17, 15) is 4.79 Å². The molecule has 0 unspecified atom stereocenters. The molecule has 6 heteroatoms. The zero-order valence-corrected chi connectivity index (χ0v) is 16.2. The number of carbonyl (C=O) groups excluding carboxylic acids is 1. The maximum Gasteiger partial charge on any atom is 0.256 e. The summed E-state index contributed by atoms with van der Waals surface area (Å²) in [7, 11) is 1.63. The number of nitrogens with zero attached hydrogens (tertiary/aromatic N) is 2. The van der Waals surface area contributed by atoms with Crippen LogP contribution in [0, 0.1) is 6.92 Å². The Morgan fingerprint density at radius 2 is 1.75 bits per heavy atom. The fourth-order valence-electron chi connectivity index (χ4n) is 3.00. The molecule has 0 saturated carbocycles. The van der Waals surface area contributed by atoms with Gasteiger partial charge in [-0.05, 0) is 67.1 Å². The highest BCUT2D eigenvalue weighted by Crippen LogP contribution is 2.30. The van der Waals surface area contributed by atoms with Gasteiger partial charge in [-0.1, -0.05) is 17.7 Å². The number of imidazole rings is 1. The van der Waals surface area contributed by atoms with Crippen LogP contribution in [0.1, 0.15) is 15.9 Å². The van der Waals surface area contributed by atoms with Crippen LogP contribution >= 0.6 is 11.6 Å². The molecule has 140 valence electrons. The average Bonchev–Trinajstić information content (AvgIpc) is 3.06.